The van der Waals surface area contributed by atoms with Crippen molar-refractivity contribution in [2.75, 3.05) is 0 Å². The third-order valence-electron chi connectivity index (χ3n) is 3.79. The summed E-state index contributed by atoms with van der Waals surface area (Å²) in [5.41, 5.74) is -7.35. The molecule has 0 radical (unpaired) electrons. The number of aliphatic hydroxyl groups excluding tert-OH is 2. The summed E-state index contributed by atoms with van der Waals surface area (Å²) >= 11 is 0. The van der Waals surface area contributed by atoms with Crippen molar-refractivity contribution in [3.63, 3.8) is 0 Å². The lowest BCUT2D eigenvalue weighted by atomic mass is 9.47. The molecule has 0 spiro atoms. The van der Waals surface area contributed by atoms with Crippen molar-refractivity contribution in [2.24, 2.45) is 0 Å². The summed E-state index contributed by atoms with van der Waals surface area (Å²) in [6, 6.07) is 0. The van der Waals surface area contributed by atoms with Gasteiger partial charge in [0.05, 0.1) is 0 Å². The molecule has 0 aliphatic carbocycles. The maximum absolute atomic E-state index is 11.4. The summed E-state index contributed by atoms with van der Waals surface area (Å²) in [6.07, 6.45) is -6.05. The van der Waals surface area contributed by atoms with Gasteiger partial charge in [0.2, 0.25) is 17.3 Å². The smallest absolute Gasteiger partial charge is 0.352 e. The van der Waals surface area contributed by atoms with E-state index in [0.717, 1.165) is 0 Å². The van der Waals surface area contributed by atoms with Crippen LogP contribution < -0.4 is 10.3 Å². The van der Waals surface area contributed by atoms with Gasteiger partial charge >= 0.3 is 30.9 Å². The second-order valence-electron chi connectivity index (χ2n) is 5.30. The van der Waals surface area contributed by atoms with Gasteiger partial charge in [0.15, 0.2) is 6.10 Å². The first-order chi connectivity index (χ1) is 11.8. The molecular formula is C8H14B3N3O12. The van der Waals surface area contributed by atoms with E-state index in [4.69, 9.17) is 10.2 Å². The number of carboxylic acids is 4. The zero-order chi connectivity index (χ0) is 20.4. The van der Waals surface area contributed by atoms with E-state index >= 15 is 0 Å². The van der Waals surface area contributed by atoms with Gasteiger partial charge in [-0.05, 0) is 0 Å². The summed E-state index contributed by atoms with van der Waals surface area (Å²) in [5.74, 6) is -9.08. The minimum atomic E-state index is -3.71. The minimum Gasteiger partial charge on any atom is -0.479 e. The molecule has 4 unspecified atom stereocenters. The molecule has 18 heteroatoms. The second kappa shape index (κ2) is 7.58. The molecule has 1 saturated heterocycles. The maximum Gasteiger partial charge on any atom is 0.352 e. The molecule has 15 nitrogen and oxygen atoms in total. The number of carboxylic acid groups (broad SMARTS) is 4. The fourth-order valence-electron chi connectivity index (χ4n) is 2.40. The Morgan fingerprint density at radius 2 is 1.42 bits per heavy atom. The Hall–Kier alpha value is -2.21. The SMILES string of the molecule is O=C(O)C(O)C(O)(B1NBNBN1C(O)(C(=O)O)C(O)C(=O)O)C(=O)O. The lowest BCUT2D eigenvalue weighted by Crippen LogP contribution is -2.85. The zero-order valence-corrected chi connectivity index (χ0v) is 12.8. The molecule has 1 rings (SSSR count). The van der Waals surface area contributed by atoms with E-state index in [0.29, 0.717) is 0 Å². The summed E-state index contributed by atoms with van der Waals surface area (Å²) in [4.78, 5) is 44.8. The van der Waals surface area contributed by atoms with Crippen LogP contribution in [-0.2, 0) is 19.2 Å². The molecular weight excluding hydrogens is 363 g/mol. The monoisotopic (exact) mass is 377 g/mol. The van der Waals surface area contributed by atoms with Crippen LogP contribution in [0.2, 0.25) is 0 Å². The van der Waals surface area contributed by atoms with Crippen molar-refractivity contribution < 1.29 is 60.0 Å². The second-order valence-corrected chi connectivity index (χ2v) is 5.30. The molecule has 10 N–H and O–H groups in total. The van der Waals surface area contributed by atoms with Gasteiger partial charge in [-0.15, -0.1) is 0 Å². The molecule has 1 aliphatic rings. The Balaban J connectivity index is 3.56. The number of aliphatic carboxylic acids is 4. The van der Waals surface area contributed by atoms with E-state index < -0.39 is 61.8 Å². The fraction of sp³-hybridized carbons (Fsp3) is 0.500. The number of nitrogens with zero attached hydrogens (tertiary/aromatic N) is 1. The molecule has 4 atom stereocenters. The quantitative estimate of drug-likeness (QED) is 0.176. The lowest BCUT2D eigenvalue weighted by molar-refractivity contribution is -0.198. The van der Waals surface area contributed by atoms with Crippen LogP contribution >= 0.6 is 0 Å². The molecule has 0 aromatic rings. The van der Waals surface area contributed by atoms with E-state index in [2.05, 4.69) is 10.3 Å². The topological polar surface area (TPSA) is 257 Å². The van der Waals surface area contributed by atoms with Crippen molar-refractivity contribution in [3.05, 3.63) is 0 Å². The van der Waals surface area contributed by atoms with Gasteiger partial charge in [0.1, 0.15) is 0 Å². The van der Waals surface area contributed by atoms with Crippen LogP contribution in [0.5, 0.6) is 0 Å². The Bertz CT molecular complexity index is 571. The number of hydrogen-bond donors (Lipinski definition) is 10. The van der Waals surface area contributed by atoms with Crippen LogP contribution in [-0.4, -0.2) is 115 Å². The Labute approximate surface area is 145 Å². The predicted molar refractivity (Wildman–Crippen MR) is 80.6 cm³/mol. The number of carbonyl (C=O) groups is 4. The summed E-state index contributed by atoms with van der Waals surface area (Å²) < 4.78 is 0.0535. The lowest BCUT2D eigenvalue weighted by Gasteiger charge is -2.47. The van der Waals surface area contributed by atoms with E-state index in [1.54, 1.807) is 0 Å². The molecule has 1 aliphatic heterocycles. The highest BCUT2D eigenvalue weighted by molar-refractivity contribution is 6.79. The van der Waals surface area contributed by atoms with Crippen molar-refractivity contribution >= 4 is 46.0 Å². The van der Waals surface area contributed by atoms with Crippen LogP contribution in [0.3, 0.4) is 0 Å². The van der Waals surface area contributed by atoms with Gasteiger partial charge in [-0.25, -0.2) is 19.2 Å². The number of aliphatic hydroxyl groups is 4. The standard InChI is InChI=1S/C8H14B3N3O12/c15-1(3(17)18)7(25,5(21)22)11-13-9-12-10-14(11)8(26,6(23)24)2(16)4(19)20/h1-2,9-10,12-13,15-16,25-26H,(H,17,18)(H,19,20)(H,21,22)(H,23,24). The zero-order valence-electron chi connectivity index (χ0n) is 12.8. The normalized spacial score (nSPS) is 21.9. The number of rotatable bonds is 8. The molecule has 0 aromatic heterocycles. The first-order valence-corrected chi connectivity index (χ1v) is 6.77. The Morgan fingerprint density at radius 1 is 0.923 bits per heavy atom. The molecule has 1 heterocycles. The summed E-state index contributed by atoms with van der Waals surface area (Å²) in [6.45, 7) is -2.34. The van der Waals surface area contributed by atoms with E-state index in [9.17, 15) is 49.8 Å². The van der Waals surface area contributed by atoms with Gasteiger partial charge < -0.3 is 55.9 Å². The molecule has 142 valence electrons. The van der Waals surface area contributed by atoms with Crippen molar-refractivity contribution in [1.29, 1.82) is 0 Å². The van der Waals surface area contributed by atoms with E-state index in [1.807, 2.05) is 0 Å². The third-order valence-corrected chi connectivity index (χ3v) is 3.79. The molecule has 0 saturated carbocycles. The molecule has 0 aromatic carbocycles. The van der Waals surface area contributed by atoms with Crippen molar-refractivity contribution in [1.82, 2.24) is 15.0 Å². The highest BCUT2D eigenvalue weighted by atomic mass is 16.5. The van der Waals surface area contributed by atoms with Gasteiger partial charge in [-0.1, -0.05) is 0 Å². The van der Waals surface area contributed by atoms with Crippen molar-refractivity contribution in [2.45, 2.75) is 23.4 Å². The highest BCUT2D eigenvalue weighted by Crippen LogP contribution is 2.26. The van der Waals surface area contributed by atoms with Crippen LogP contribution in [0.25, 0.3) is 0 Å². The molecule has 1 fully saturated rings. The van der Waals surface area contributed by atoms with Crippen LogP contribution in [0, 0.1) is 0 Å². The molecule has 0 bridgehead atoms. The number of hydrogen-bond acceptors (Lipinski definition) is 11. The summed E-state index contributed by atoms with van der Waals surface area (Å²) in [7, 11) is -1.17. The first-order valence-electron chi connectivity index (χ1n) is 6.77. The first kappa shape index (κ1) is 21.8. The van der Waals surface area contributed by atoms with E-state index in [1.165, 1.54) is 0 Å². The highest BCUT2D eigenvalue weighted by Gasteiger charge is 2.66. The van der Waals surface area contributed by atoms with Gasteiger partial charge in [-0.2, -0.15) is 0 Å². The Kier molecular flexibility index (Phi) is 6.37. The maximum atomic E-state index is 11.4. The largest absolute Gasteiger partial charge is 0.479 e. The average Bonchev–Trinajstić information content (AvgIpc) is 2.58. The predicted octanol–water partition coefficient (Wildman–Crippen LogP) is -7.48. The number of nitrogens with one attached hydrogen (secondary N) is 2. The summed E-state index contributed by atoms with van der Waals surface area (Å²) in [5, 5.41) is 80.3. The van der Waals surface area contributed by atoms with Gasteiger partial charge in [-0.3, -0.25) is 0 Å². The van der Waals surface area contributed by atoms with Crippen molar-refractivity contribution in [3.8, 4) is 0 Å². The Morgan fingerprint density at radius 3 is 1.81 bits per heavy atom. The molecule has 0 amide bonds. The van der Waals surface area contributed by atoms with E-state index in [-0.39, 0.29) is 12.3 Å². The van der Waals surface area contributed by atoms with Gasteiger partial charge in [0, 0.05) is 0 Å². The molecule has 26 heavy (non-hydrogen) atoms. The minimum absolute atomic E-state index is 0.0535. The van der Waals surface area contributed by atoms with Crippen LogP contribution in [0.15, 0.2) is 0 Å². The van der Waals surface area contributed by atoms with Crippen LogP contribution in [0.4, 0.5) is 0 Å². The fourth-order valence-corrected chi connectivity index (χ4v) is 2.40. The van der Waals surface area contributed by atoms with Crippen LogP contribution in [0.1, 0.15) is 0 Å². The third kappa shape index (κ3) is 3.38. The van der Waals surface area contributed by atoms with Gasteiger partial charge in [0.25, 0.3) is 15.1 Å². The average molecular weight is 377 g/mol.